The van der Waals surface area contributed by atoms with E-state index in [9.17, 15) is 9.59 Å². The zero-order chi connectivity index (χ0) is 16.3. The number of carbonyl (C=O) groups excluding carboxylic acids is 2. The van der Waals surface area contributed by atoms with Gasteiger partial charge in [-0.15, -0.1) is 6.58 Å². The van der Waals surface area contributed by atoms with E-state index < -0.39 is 17.7 Å². The summed E-state index contributed by atoms with van der Waals surface area (Å²) in [5, 5.41) is 5.23. The van der Waals surface area contributed by atoms with Crippen molar-refractivity contribution in [2.45, 2.75) is 60.1 Å². The summed E-state index contributed by atoms with van der Waals surface area (Å²) in [4.78, 5) is 23.4. The van der Waals surface area contributed by atoms with Crippen LogP contribution >= 0.6 is 0 Å². The highest BCUT2D eigenvalue weighted by atomic mass is 16.6. The first-order chi connectivity index (χ1) is 9.17. The number of amides is 2. The summed E-state index contributed by atoms with van der Waals surface area (Å²) < 4.78 is 5.12. The largest absolute Gasteiger partial charge is 0.444 e. The van der Waals surface area contributed by atoms with Gasteiger partial charge in [0, 0.05) is 6.54 Å². The van der Waals surface area contributed by atoms with Crippen molar-refractivity contribution in [1.29, 1.82) is 0 Å². The van der Waals surface area contributed by atoms with E-state index in [1.165, 1.54) is 0 Å². The average Bonchev–Trinajstić information content (AvgIpc) is 2.33. The summed E-state index contributed by atoms with van der Waals surface area (Å²) in [6, 6.07) is -0.611. The fourth-order valence-electron chi connectivity index (χ4n) is 1.25. The molecule has 0 aromatic heterocycles. The lowest BCUT2D eigenvalue weighted by molar-refractivity contribution is -0.124. The van der Waals surface area contributed by atoms with Crippen molar-refractivity contribution in [3.05, 3.63) is 12.7 Å². The zero-order valence-electron chi connectivity index (χ0n) is 13.9. The topological polar surface area (TPSA) is 67.4 Å². The maximum Gasteiger partial charge on any atom is 0.408 e. The highest BCUT2D eigenvalue weighted by Gasteiger charge is 2.26. The molecular weight excluding hydrogens is 256 g/mol. The summed E-state index contributed by atoms with van der Waals surface area (Å²) in [5.41, 5.74) is -0.580. The van der Waals surface area contributed by atoms with Crippen molar-refractivity contribution < 1.29 is 14.3 Å². The third-order valence-electron chi connectivity index (χ3n) is 2.04. The van der Waals surface area contributed by atoms with E-state index in [2.05, 4.69) is 17.2 Å². The van der Waals surface area contributed by atoms with Crippen LogP contribution in [0.2, 0.25) is 0 Å². The Kier molecular flexibility index (Phi) is 10.7. The number of nitrogens with one attached hydrogen (secondary N) is 2. The number of ether oxygens (including phenoxy) is 1. The Balaban J connectivity index is 0. The van der Waals surface area contributed by atoms with Crippen LogP contribution in [0.25, 0.3) is 0 Å². The smallest absolute Gasteiger partial charge is 0.408 e. The van der Waals surface area contributed by atoms with Gasteiger partial charge in [0.05, 0.1) is 0 Å². The number of hydrogen-bond acceptors (Lipinski definition) is 3. The van der Waals surface area contributed by atoms with Gasteiger partial charge in [-0.05, 0) is 26.7 Å². The molecule has 0 aliphatic rings. The van der Waals surface area contributed by atoms with Crippen molar-refractivity contribution in [2.24, 2.45) is 5.92 Å². The fourth-order valence-corrected chi connectivity index (χ4v) is 1.25. The third-order valence-corrected chi connectivity index (χ3v) is 2.04. The number of alkyl carbamates (subject to hydrolysis) is 1. The van der Waals surface area contributed by atoms with Gasteiger partial charge in [-0.25, -0.2) is 4.79 Å². The van der Waals surface area contributed by atoms with Crippen molar-refractivity contribution in [1.82, 2.24) is 10.6 Å². The van der Waals surface area contributed by atoms with E-state index in [1.54, 1.807) is 26.8 Å². The second kappa shape index (κ2) is 10.3. The number of hydrogen-bond donors (Lipinski definition) is 2. The fraction of sp³-hybridized carbons (Fsp3) is 0.733. The molecule has 0 bridgehead atoms. The molecule has 2 amide bonds. The molecule has 0 aromatic rings. The van der Waals surface area contributed by atoms with Crippen LogP contribution in [-0.2, 0) is 9.53 Å². The van der Waals surface area contributed by atoms with Crippen LogP contribution in [0.4, 0.5) is 4.79 Å². The van der Waals surface area contributed by atoms with Crippen molar-refractivity contribution >= 4 is 12.0 Å². The molecule has 5 heteroatoms. The lowest BCUT2D eigenvalue weighted by atomic mass is 10.0. The van der Waals surface area contributed by atoms with Gasteiger partial charge >= 0.3 is 6.09 Å². The maximum atomic E-state index is 11.8. The molecule has 0 fully saturated rings. The molecule has 0 aliphatic heterocycles. The van der Waals surface area contributed by atoms with Crippen LogP contribution in [0.5, 0.6) is 0 Å². The Morgan fingerprint density at radius 1 is 1.25 bits per heavy atom. The molecule has 0 heterocycles. The summed E-state index contributed by atoms with van der Waals surface area (Å²) in [6.07, 6.45) is 0.998. The van der Waals surface area contributed by atoms with Crippen molar-refractivity contribution in [2.75, 3.05) is 6.54 Å². The molecule has 20 heavy (non-hydrogen) atoms. The van der Waals surface area contributed by atoms with E-state index in [4.69, 9.17) is 4.74 Å². The van der Waals surface area contributed by atoms with Crippen LogP contribution in [-0.4, -0.2) is 30.2 Å². The van der Waals surface area contributed by atoms with E-state index in [0.29, 0.717) is 6.54 Å². The minimum absolute atomic E-state index is 0.0256. The summed E-state index contributed by atoms with van der Waals surface area (Å²) >= 11 is 0. The molecule has 0 rings (SSSR count). The third kappa shape index (κ3) is 10.4. The first kappa shape index (κ1) is 20.8. The highest BCUT2D eigenvalue weighted by Crippen LogP contribution is 2.08. The van der Waals surface area contributed by atoms with Gasteiger partial charge in [0.2, 0.25) is 5.91 Å². The molecule has 0 radical (unpaired) electrons. The Labute approximate surface area is 123 Å². The normalized spacial score (nSPS) is 11.8. The lowest BCUT2D eigenvalue weighted by Gasteiger charge is -2.25. The summed E-state index contributed by atoms with van der Waals surface area (Å²) in [6.45, 7) is 16.9. The maximum absolute atomic E-state index is 11.8. The monoisotopic (exact) mass is 286 g/mol. The molecule has 1 atom stereocenters. The zero-order valence-corrected chi connectivity index (χ0v) is 13.9. The minimum Gasteiger partial charge on any atom is -0.444 e. The van der Waals surface area contributed by atoms with Crippen molar-refractivity contribution in [3.63, 3.8) is 0 Å². The summed E-state index contributed by atoms with van der Waals surface area (Å²) in [5.74, 6) is -0.266. The molecule has 0 aromatic carbocycles. The van der Waals surface area contributed by atoms with Crippen LogP contribution in [0, 0.1) is 5.92 Å². The quantitative estimate of drug-likeness (QED) is 0.764. The second-order valence-electron chi connectivity index (χ2n) is 5.40. The molecule has 0 saturated carbocycles. The van der Waals surface area contributed by atoms with Gasteiger partial charge in [-0.3, -0.25) is 4.79 Å². The van der Waals surface area contributed by atoms with Crippen LogP contribution in [0.3, 0.4) is 0 Å². The molecule has 5 nitrogen and oxygen atoms in total. The Hall–Kier alpha value is -1.52. The summed E-state index contributed by atoms with van der Waals surface area (Å²) in [7, 11) is 0. The predicted octanol–water partition coefficient (Wildman–Crippen LogP) is 2.86. The first-order valence-electron chi connectivity index (χ1n) is 7.05. The van der Waals surface area contributed by atoms with Gasteiger partial charge in [0.25, 0.3) is 0 Å². The standard InChI is InChI=1S/C13H24N2O3.C2H6/c1-7-8-14-11(16)10(9(2)3)15-12(17)18-13(4,5)6;1-2/h7,9-10H,1,8H2,2-6H3,(H,14,16)(H,15,17);1-2H3. The molecule has 0 saturated heterocycles. The number of rotatable bonds is 5. The van der Waals surface area contributed by atoms with Gasteiger partial charge in [-0.2, -0.15) is 0 Å². The SMILES string of the molecule is C=CCNC(=O)C(NC(=O)OC(C)(C)C)C(C)C.CC. The molecule has 0 spiro atoms. The predicted molar refractivity (Wildman–Crippen MR) is 82.6 cm³/mol. The van der Waals surface area contributed by atoms with Crippen LogP contribution < -0.4 is 10.6 Å². The van der Waals surface area contributed by atoms with E-state index in [-0.39, 0.29) is 11.8 Å². The van der Waals surface area contributed by atoms with Crippen LogP contribution in [0.15, 0.2) is 12.7 Å². The highest BCUT2D eigenvalue weighted by molar-refractivity contribution is 5.86. The Bertz CT molecular complexity index is 307. The lowest BCUT2D eigenvalue weighted by Crippen LogP contribution is -2.50. The van der Waals surface area contributed by atoms with E-state index >= 15 is 0 Å². The number of carbonyl (C=O) groups is 2. The van der Waals surface area contributed by atoms with Gasteiger partial charge < -0.3 is 15.4 Å². The Morgan fingerprint density at radius 3 is 2.10 bits per heavy atom. The molecule has 0 aliphatic carbocycles. The molecule has 2 N–H and O–H groups in total. The van der Waals surface area contributed by atoms with Crippen LogP contribution in [0.1, 0.15) is 48.5 Å². The molecular formula is C15H30N2O3. The van der Waals surface area contributed by atoms with Crippen molar-refractivity contribution in [3.8, 4) is 0 Å². The second-order valence-corrected chi connectivity index (χ2v) is 5.40. The average molecular weight is 286 g/mol. The minimum atomic E-state index is -0.611. The van der Waals surface area contributed by atoms with E-state index in [1.807, 2.05) is 27.7 Å². The molecule has 118 valence electrons. The van der Waals surface area contributed by atoms with Gasteiger partial charge in [0.1, 0.15) is 11.6 Å². The first-order valence-corrected chi connectivity index (χ1v) is 7.05. The van der Waals surface area contributed by atoms with E-state index in [0.717, 1.165) is 0 Å². The van der Waals surface area contributed by atoms with Gasteiger partial charge in [-0.1, -0.05) is 33.8 Å². The van der Waals surface area contributed by atoms with Gasteiger partial charge in [0.15, 0.2) is 0 Å². The molecule has 1 unspecified atom stereocenters. The Morgan fingerprint density at radius 2 is 1.75 bits per heavy atom.